The van der Waals surface area contributed by atoms with E-state index in [4.69, 9.17) is 11.6 Å². The van der Waals surface area contributed by atoms with Crippen molar-refractivity contribution in [3.05, 3.63) is 134 Å². The predicted molar refractivity (Wildman–Crippen MR) is 157 cm³/mol. The second kappa shape index (κ2) is 9.25. The zero-order valence-electron chi connectivity index (χ0n) is 20.9. The Morgan fingerprint density at radius 3 is 2.10 bits per heavy atom. The van der Waals surface area contributed by atoms with Gasteiger partial charge in [-0.15, -0.1) is 0 Å². The van der Waals surface area contributed by atoms with Crippen LogP contribution in [0.4, 0.5) is 5.69 Å². The molecule has 1 aliphatic heterocycles. The summed E-state index contributed by atoms with van der Waals surface area (Å²) in [6.07, 6.45) is 1.65. The van der Waals surface area contributed by atoms with Crippen molar-refractivity contribution < 1.29 is 14.4 Å². The fourth-order valence-corrected chi connectivity index (χ4v) is 7.26. The molecule has 196 valence electrons. The first-order chi connectivity index (χ1) is 19.4. The quantitative estimate of drug-likeness (QED) is 0.173. The lowest BCUT2D eigenvalue weighted by atomic mass is 9.47. The molecule has 0 unspecified atom stereocenters. The summed E-state index contributed by atoms with van der Waals surface area (Å²) in [5, 5.41) is 4.78. The molecule has 2 bridgehead atoms. The molecule has 1 saturated heterocycles. The molecule has 0 aromatic heterocycles. The Morgan fingerprint density at radius 2 is 1.45 bits per heavy atom. The first kappa shape index (κ1) is 24.9. The molecule has 4 aromatic carbocycles. The lowest BCUT2D eigenvalue weighted by Gasteiger charge is -2.52. The van der Waals surface area contributed by atoms with Crippen molar-refractivity contribution in [2.45, 2.75) is 11.3 Å². The van der Waals surface area contributed by atoms with E-state index in [1.807, 2.05) is 48.5 Å². The SMILES string of the molecule is O=C(N/N=C\C12c3ccccc3C(c3ccccc31)[C@H]1C(=O)N(c3ccccc3Cl)C(=O)[C@@H]12)c1ccc(Br)cc1. The lowest BCUT2D eigenvalue weighted by molar-refractivity contribution is -0.122. The molecule has 0 radical (unpaired) electrons. The molecule has 6 nitrogen and oxygen atoms in total. The number of para-hydroxylation sites is 1. The molecule has 8 heteroatoms. The third kappa shape index (κ3) is 3.41. The number of halogens is 2. The number of hydrogen-bond acceptors (Lipinski definition) is 4. The molecular formula is C32H21BrClN3O3. The van der Waals surface area contributed by atoms with E-state index in [-0.39, 0.29) is 23.6 Å². The van der Waals surface area contributed by atoms with Crippen LogP contribution in [-0.4, -0.2) is 23.9 Å². The molecule has 40 heavy (non-hydrogen) atoms. The summed E-state index contributed by atoms with van der Waals surface area (Å²) in [6, 6.07) is 29.6. The molecule has 1 fully saturated rings. The fraction of sp³-hybridized carbons (Fsp3) is 0.125. The summed E-state index contributed by atoms with van der Waals surface area (Å²) in [4.78, 5) is 42.7. The zero-order chi connectivity index (χ0) is 27.6. The number of carbonyl (C=O) groups is 3. The van der Waals surface area contributed by atoms with Crippen molar-refractivity contribution in [2.24, 2.45) is 16.9 Å². The highest BCUT2D eigenvalue weighted by molar-refractivity contribution is 9.10. The van der Waals surface area contributed by atoms with Gasteiger partial charge in [-0.1, -0.05) is 88.2 Å². The normalized spacial score (nSPS) is 24.1. The van der Waals surface area contributed by atoms with E-state index >= 15 is 0 Å². The topological polar surface area (TPSA) is 78.8 Å². The predicted octanol–water partition coefficient (Wildman–Crippen LogP) is 6.07. The number of benzene rings is 4. The van der Waals surface area contributed by atoms with Gasteiger partial charge < -0.3 is 0 Å². The molecule has 3 amide bonds. The van der Waals surface area contributed by atoms with Crippen molar-refractivity contribution in [1.29, 1.82) is 0 Å². The molecule has 1 heterocycles. The van der Waals surface area contributed by atoms with Gasteiger partial charge in [-0.2, -0.15) is 5.10 Å². The summed E-state index contributed by atoms with van der Waals surface area (Å²) in [6.45, 7) is 0. The van der Waals surface area contributed by atoms with Gasteiger partial charge in [0.25, 0.3) is 5.91 Å². The number of imide groups is 1. The van der Waals surface area contributed by atoms with Crippen LogP contribution in [-0.2, 0) is 15.0 Å². The maximum absolute atomic E-state index is 14.4. The van der Waals surface area contributed by atoms with Gasteiger partial charge in [0.2, 0.25) is 11.8 Å². The number of anilines is 1. The molecule has 3 aliphatic carbocycles. The molecule has 2 atom stereocenters. The average molecular weight is 611 g/mol. The maximum Gasteiger partial charge on any atom is 0.271 e. The second-order valence-electron chi connectivity index (χ2n) is 10.2. The van der Waals surface area contributed by atoms with Crippen LogP contribution in [0.5, 0.6) is 0 Å². The van der Waals surface area contributed by atoms with Gasteiger partial charge in [0.1, 0.15) is 0 Å². The van der Waals surface area contributed by atoms with Crippen LogP contribution < -0.4 is 10.3 Å². The lowest BCUT2D eigenvalue weighted by Crippen LogP contribution is -2.54. The molecule has 8 rings (SSSR count). The van der Waals surface area contributed by atoms with Crippen molar-refractivity contribution in [3.8, 4) is 0 Å². The minimum Gasteiger partial charge on any atom is -0.274 e. The Bertz CT molecular complexity index is 1710. The summed E-state index contributed by atoms with van der Waals surface area (Å²) < 4.78 is 0.858. The van der Waals surface area contributed by atoms with Crippen molar-refractivity contribution in [1.82, 2.24) is 5.43 Å². The molecule has 4 aliphatic rings. The van der Waals surface area contributed by atoms with Gasteiger partial charge in [0, 0.05) is 22.2 Å². The van der Waals surface area contributed by atoms with Crippen molar-refractivity contribution >= 4 is 57.2 Å². The molecule has 4 aromatic rings. The number of nitrogens with zero attached hydrogens (tertiary/aromatic N) is 2. The summed E-state index contributed by atoms with van der Waals surface area (Å²) in [5.74, 6) is -2.71. The third-order valence-corrected chi connectivity index (χ3v) is 9.17. The number of nitrogens with one attached hydrogen (secondary N) is 1. The molecule has 0 spiro atoms. The number of rotatable bonds is 4. The van der Waals surface area contributed by atoms with Crippen LogP contribution in [0.25, 0.3) is 0 Å². The van der Waals surface area contributed by atoms with E-state index < -0.39 is 17.3 Å². The van der Waals surface area contributed by atoms with Gasteiger partial charge in [-0.3, -0.25) is 14.4 Å². The van der Waals surface area contributed by atoms with Gasteiger partial charge in [0.15, 0.2) is 0 Å². The van der Waals surface area contributed by atoms with E-state index in [0.29, 0.717) is 16.3 Å². The Kier molecular flexibility index (Phi) is 5.77. The van der Waals surface area contributed by atoms with Crippen LogP contribution >= 0.6 is 27.5 Å². The number of hydrazone groups is 1. The smallest absolute Gasteiger partial charge is 0.271 e. The Morgan fingerprint density at radius 1 is 0.850 bits per heavy atom. The second-order valence-corrected chi connectivity index (χ2v) is 11.5. The summed E-state index contributed by atoms with van der Waals surface area (Å²) in [5.41, 5.74) is 6.16. The largest absolute Gasteiger partial charge is 0.274 e. The van der Waals surface area contributed by atoms with Gasteiger partial charge in [-0.25, -0.2) is 10.3 Å². The standard InChI is InChI=1S/C32H21BrClN3O3/c33-19-15-13-18(14-16-19)29(38)36-35-17-32-22-9-3-1-7-20(22)26(21-8-2-4-10-23(21)32)27-28(32)31(40)37(30(27)39)25-12-6-5-11-24(25)34/h1-17,26-28H,(H,36,38)/b35-17-/t26?,27-,28-,32?/m1/s1. The Labute approximate surface area is 243 Å². The highest BCUT2D eigenvalue weighted by Crippen LogP contribution is 2.63. The number of carbonyl (C=O) groups excluding carboxylic acids is 3. The zero-order valence-corrected chi connectivity index (χ0v) is 23.3. The third-order valence-electron chi connectivity index (χ3n) is 8.32. The molecule has 0 saturated carbocycles. The Balaban J connectivity index is 1.41. The van der Waals surface area contributed by atoms with Crippen LogP contribution in [0.15, 0.2) is 107 Å². The van der Waals surface area contributed by atoms with E-state index in [2.05, 4.69) is 26.5 Å². The number of amides is 3. The van der Waals surface area contributed by atoms with Crippen LogP contribution in [0, 0.1) is 11.8 Å². The monoisotopic (exact) mass is 609 g/mol. The minimum absolute atomic E-state index is 0.284. The highest BCUT2D eigenvalue weighted by atomic mass is 79.9. The fourth-order valence-electron chi connectivity index (χ4n) is 6.78. The highest BCUT2D eigenvalue weighted by Gasteiger charge is 2.68. The summed E-state index contributed by atoms with van der Waals surface area (Å²) >= 11 is 9.88. The van der Waals surface area contributed by atoms with Crippen LogP contribution in [0.2, 0.25) is 5.02 Å². The Hall–Kier alpha value is -4.07. The minimum atomic E-state index is -1.08. The van der Waals surface area contributed by atoms with E-state index in [0.717, 1.165) is 26.7 Å². The van der Waals surface area contributed by atoms with E-state index in [1.165, 1.54) is 4.90 Å². The van der Waals surface area contributed by atoms with Crippen molar-refractivity contribution in [3.63, 3.8) is 0 Å². The first-order valence-electron chi connectivity index (χ1n) is 12.8. The van der Waals surface area contributed by atoms with Crippen molar-refractivity contribution in [2.75, 3.05) is 4.90 Å². The van der Waals surface area contributed by atoms with Crippen LogP contribution in [0.1, 0.15) is 38.5 Å². The molecular weight excluding hydrogens is 590 g/mol. The van der Waals surface area contributed by atoms with Gasteiger partial charge in [-0.05, 0) is 58.7 Å². The van der Waals surface area contributed by atoms with Crippen LogP contribution in [0.3, 0.4) is 0 Å². The first-order valence-corrected chi connectivity index (χ1v) is 14.0. The van der Waals surface area contributed by atoms with Gasteiger partial charge >= 0.3 is 0 Å². The van der Waals surface area contributed by atoms with Gasteiger partial charge in [0.05, 0.1) is 28.0 Å². The van der Waals surface area contributed by atoms with E-state index in [1.54, 1.807) is 54.7 Å². The summed E-state index contributed by atoms with van der Waals surface area (Å²) in [7, 11) is 0. The maximum atomic E-state index is 14.4. The molecule has 1 N–H and O–H groups in total. The average Bonchev–Trinajstić information content (AvgIpc) is 3.24. The van der Waals surface area contributed by atoms with E-state index in [9.17, 15) is 14.4 Å². The number of hydrogen-bond donors (Lipinski definition) is 1.